The lowest BCUT2D eigenvalue weighted by Crippen LogP contribution is -2.42. The SMILES string of the molecule is CNc1cc(S(=O)(=O)Nc2ncns2)ccc1Oc1ccc(-c2cccc(C(F)(F)F)c2)cc1-c1ccnc(CNCCC2CCN(C(=O)OC(C)(C)C)CC2)c1. The number of anilines is 2. The van der Waals surface area contributed by atoms with Gasteiger partial charge in [-0.05, 0) is 124 Å². The molecule has 0 atom stereocenters. The number of carbonyl (C=O) groups excluding carboxylic acids is 1. The standard InChI is InChI=1S/C40H44F3N7O5S2/c1-39(2,3)55-38(51)50-18-14-26(15-19-50)12-16-45-24-31-21-29(13-17-46-31)33-22-28(27-6-5-7-30(20-27)40(41,42)43)8-10-35(33)54-36-11-9-32(23-34(36)44-4)57(52,53)49-37-47-25-48-56-37/h5-11,13,17,20-23,25-26,44-45H,12,14-16,18-19,24H2,1-4H3,(H,47,48,49). The second-order valence-electron chi connectivity index (χ2n) is 14.6. The Morgan fingerprint density at radius 1 is 0.930 bits per heavy atom. The molecule has 0 bridgehead atoms. The van der Waals surface area contributed by atoms with Crippen molar-refractivity contribution in [3.05, 3.63) is 96.6 Å². The first-order valence-corrected chi connectivity index (χ1v) is 20.6. The Morgan fingerprint density at radius 3 is 2.39 bits per heavy atom. The number of ether oxygens (including phenoxy) is 2. The molecule has 302 valence electrons. The number of aromatic nitrogens is 3. The molecular weight excluding hydrogens is 780 g/mol. The molecule has 1 amide bonds. The molecule has 6 rings (SSSR count). The van der Waals surface area contributed by atoms with E-state index in [9.17, 15) is 26.4 Å². The van der Waals surface area contributed by atoms with Crippen LogP contribution in [0.2, 0.25) is 0 Å². The van der Waals surface area contributed by atoms with Gasteiger partial charge < -0.3 is 25.0 Å². The number of piperidine rings is 1. The van der Waals surface area contributed by atoms with Crippen molar-refractivity contribution in [2.75, 3.05) is 36.7 Å². The molecule has 17 heteroatoms. The van der Waals surface area contributed by atoms with Gasteiger partial charge in [0, 0.05) is 50.0 Å². The number of amides is 1. The van der Waals surface area contributed by atoms with Crippen LogP contribution in [0.3, 0.4) is 0 Å². The molecule has 57 heavy (non-hydrogen) atoms. The molecule has 5 aromatic rings. The quantitative estimate of drug-likeness (QED) is 0.0983. The topological polar surface area (TPSA) is 148 Å². The molecule has 1 fully saturated rings. The Hall–Kier alpha value is -5.26. The molecule has 2 aromatic heterocycles. The maximum Gasteiger partial charge on any atom is 0.416 e. The summed E-state index contributed by atoms with van der Waals surface area (Å²) in [5, 5.41) is 6.59. The number of hydrogen-bond donors (Lipinski definition) is 3. The number of nitrogens with one attached hydrogen (secondary N) is 3. The number of hydrogen-bond acceptors (Lipinski definition) is 11. The Morgan fingerprint density at radius 2 is 1.68 bits per heavy atom. The van der Waals surface area contributed by atoms with Gasteiger partial charge in [-0.1, -0.05) is 18.2 Å². The summed E-state index contributed by atoms with van der Waals surface area (Å²) in [5.41, 5.74) is 2.04. The molecule has 0 saturated carbocycles. The number of pyridine rings is 1. The van der Waals surface area contributed by atoms with Gasteiger partial charge in [0.2, 0.25) is 5.13 Å². The van der Waals surface area contributed by atoms with Crippen LogP contribution in [0.1, 0.15) is 51.3 Å². The van der Waals surface area contributed by atoms with Gasteiger partial charge >= 0.3 is 12.3 Å². The summed E-state index contributed by atoms with van der Waals surface area (Å²) >= 11 is 0.904. The Balaban J connectivity index is 1.21. The van der Waals surface area contributed by atoms with Crippen molar-refractivity contribution < 1.29 is 35.9 Å². The molecular formula is C40H44F3N7O5S2. The van der Waals surface area contributed by atoms with Crippen molar-refractivity contribution in [2.45, 2.75) is 63.3 Å². The summed E-state index contributed by atoms with van der Waals surface area (Å²) in [6.07, 6.45) is 0.863. The zero-order chi connectivity index (χ0) is 40.8. The molecule has 12 nitrogen and oxygen atoms in total. The predicted molar refractivity (Wildman–Crippen MR) is 214 cm³/mol. The molecule has 0 unspecified atom stereocenters. The summed E-state index contributed by atoms with van der Waals surface area (Å²) in [7, 11) is -2.36. The van der Waals surface area contributed by atoms with Gasteiger partial charge in [0.25, 0.3) is 10.0 Å². The van der Waals surface area contributed by atoms with Gasteiger partial charge in [-0.15, -0.1) is 0 Å². The second kappa shape index (κ2) is 17.5. The lowest BCUT2D eigenvalue weighted by atomic mass is 9.94. The summed E-state index contributed by atoms with van der Waals surface area (Å²) in [5.74, 6) is 1.16. The fourth-order valence-corrected chi connectivity index (χ4v) is 8.05. The first kappa shape index (κ1) is 41.4. The zero-order valence-corrected chi connectivity index (χ0v) is 33.5. The minimum absolute atomic E-state index is 0.0351. The van der Waals surface area contributed by atoms with E-state index in [1.807, 2.05) is 26.8 Å². The monoisotopic (exact) mass is 823 g/mol. The third-order valence-corrected chi connectivity index (χ3v) is 11.3. The summed E-state index contributed by atoms with van der Waals surface area (Å²) in [4.78, 5) is 22.6. The number of benzene rings is 3. The van der Waals surface area contributed by atoms with E-state index in [-0.39, 0.29) is 16.1 Å². The number of halogens is 3. The number of sulfonamides is 1. The molecule has 3 aromatic carbocycles. The molecule has 0 radical (unpaired) electrons. The van der Waals surface area contributed by atoms with Crippen molar-refractivity contribution in [3.63, 3.8) is 0 Å². The first-order valence-electron chi connectivity index (χ1n) is 18.3. The van der Waals surface area contributed by atoms with E-state index < -0.39 is 27.4 Å². The highest BCUT2D eigenvalue weighted by molar-refractivity contribution is 7.93. The third kappa shape index (κ3) is 11.0. The van der Waals surface area contributed by atoms with E-state index in [0.29, 0.717) is 65.0 Å². The highest BCUT2D eigenvalue weighted by Crippen LogP contribution is 2.41. The largest absolute Gasteiger partial charge is 0.455 e. The fraction of sp³-hybridized carbons (Fsp3) is 0.350. The average Bonchev–Trinajstić information content (AvgIpc) is 3.68. The molecule has 1 aliphatic heterocycles. The Kier molecular flexibility index (Phi) is 12.7. The number of alkyl halides is 3. The van der Waals surface area contributed by atoms with E-state index in [1.165, 1.54) is 30.6 Å². The number of likely N-dealkylation sites (tertiary alicyclic amines) is 1. The van der Waals surface area contributed by atoms with Crippen LogP contribution in [0, 0.1) is 5.92 Å². The van der Waals surface area contributed by atoms with Gasteiger partial charge in [-0.25, -0.2) is 18.2 Å². The maximum absolute atomic E-state index is 13.7. The van der Waals surface area contributed by atoms with E-state index in [2.05, 4.69) is 29.7 Å². The predicted octanol–water partition coefficient (Wildman–Crippen LogP) is 9.05. The third-order valence-electron chi connectivity index (χ3n) is 9.27. The van der Waals surface area contributed by atoms with Crippen LogP contribution in [-0.4, -0.2) is 66.0 Å². The molecule has 3 heterocycles. The second-order valence-corrected chi connectivity index (χ2v) is 17.0. The van der Waals surface area contributed by atoms with Crippen LogP contribution >= 0.6 is 11.5 Å². The maximum atomic E-state index is 13.7. The molecule has 1 saturated heterocycles. The van der Waals surface area contributed by atoms with Crippen LogP contribution in [0.4, 0.5) is 28.8 Å². The van der Waals surface area contributed by atoms with Crippen LogP contribution < -0.4 is 20.1 Å². The van der Waals surface area contributed by atoms with Crippen molar-refractivity contribution in [1.29, 1.82) is 0 Å². The first-order chi connectivity index (χ1) is 27.1. The van der Waals surface area contributed by atoms with Gasteiger partial charge in [0.05, 0.1) is 21.8 Å². The number of carbonyl (C=O) groups is 1. The lowest BCUT2D eigenvalue weighted by Gasteiger charge is -2.33. The highest BCUT2D eigenvalue weighted by Gasteiger charge is 2.31. The lowest BCUT2D eigenvalue weighted by molar-refractivity contribution is -0.137. The zero-order valence-electron chi connectivity index (χ0n) is 31.9. The normalized spacial score (nSPS) is 14.0. The Bertz CT molecular complexity index is 2280. The number of rotatable bonds is 13. The minimum Gasteiger partial charge on any atom is -0.455 e. The molecule has 3 N–H and O–H groups in total. The van der Waals surface area contributed by atoms with Gasteiger partial charge in [0.1, 0.15) is 17.7 Å². The van der Waals surface area contributed by atoms with Gasteiger partial charge in [0.15, 0.2) is 5.75 Å². The van der Waals surface area contributed by atoms with E-state index >= 15 is 0 Å². The van der Waals surface area contributed by atoms with Crippen LogP contribution in [0.15, 0.2) is 90.2 Å². The summed E-state index contributed by atoms with van der Waals surface area (Å²) in [6, 6.07) is 18.3. The van der Waals surface area contributed by atoms with Crippen LogP contribution in [-0.2, 0) is 27.5 Å². The van der Waals surface area contributed by atoms with Crippen LogP contribution in [0.5, 0.6) is 11.5 Å². The molecule has 0 spiro atoms. The summed E-state index contributed by atoms with van der Waals surface area (Å²) in [6.45, 7) is 8.12. The van der Waals surface area contributed by atoms with Crippen molar-refractivity contribution >= 4 is 38.5 Å². The average molecular weight is 824 g/mol. The van der Waals surface area contributed by atoms with Crippen molar-refractivity contribution in [2.24, 2.45) is 5.92 Å². The van der Waals surface area contributed by atoms with Gasteiger partial charge in [-0.2, -0.15) is 17.5 Å². The Labute approximate surface area is 334 Å². The van der Waals surface area contributed by atoms with E-state index in [0.717, 1.165) is 55.2 Å². The van der Waals surface area contributed by atoms with E-state index in [1.54, 1.807) is 48.5 Å². The molecule has 0 aliphatic carbocycles. The molecule has 1 aliphatic rings. The van der Waals surface area contributed by atoms with Crippen molar-refractivity contribution in [1.82, 2.24) is 24.6 Å². The van der Waals surface area contributed by atoms with Gasteiger partial charge in [-0.3, -0.25) is 9.71 Å². The van der Waals surface area contributed by atoms with E-state index in [4.69, 9.17) is 9.47 Å². The van der Waals surface area contributed by atoms with Crippen LogP contribution in [0.25, 0.3) is 22.3 Å². The summed E-state index contributed by atoms with van der Waals surface area (Å²) < 4.78 is 85.3. The minimum atomic E-state index is -4.51. The highest BCUT2D eigenvalue weighted by atomic mass is 32.2. The smallest absolute Gasteiger partial charge is 0.416 e. The fourth-order valence-electron chi connectivity index (χ4n) is 6.37. The van der Waals surface area contributed by atoms with Crippen molar-refractivity contribution in [3.8, 4) is 33.8 Å². The number of nitrogens with zero attached hydrogens (tertiary/aromatic N) is 4.